The van der Waals surface area contributed by atoms with E-state index in [4.69, 9.17) is 46.8 Å². The highest BCUT2D eigenvalue weighted by molar-refractivity contribution is 6.49. The van der Waals surface area contributed by atoms with E-state index in [0.717, 1.165) is 9.63 Å². The zero-order chi connectivity index (χ0) is 15.1. The number of hydrogen-bond acceptors (Lipinski definition) is 3. The number of anilines is 1. The van der Waals surface area contributed by atoms with Gasteiger partial charge in [0.05, 0.1) is 15.6 Å². The zero-order valence-corrected chi connectivity index (χ0v) is 12.9. The molecule has 2 aromatic carbocycles. The minimum Gasteiger partial charge on any atom is -0.258 e. The van der Waals surface area contributed by atoms with Crippen LogP contribution in [-0.4, -0.2) is 4.92 Å². The van der Waals surface area contributed by atoms with Crippen molar-refractivity contribution in [1.29, 1.82) is 0 Å². The summed E-state index contributed by atoms with van der Waals surface area (Å²) in [6.07, 6.45) is 0. The molecule has 0 bridgehead atoms. The fraction of sp³-hybridized carbons (Fsp3) is 0. The molecule has 0 aliphatic rings. The monoisotopic (exact) mass is 352 g/mol. The Bertz CT molecular complexity index is 579. The summed E-state index contributed by atoms with van der Waals surface area (Å²) in [5.74, 6) is 0. The van der Waals surface area contributed by atoms with E-state index < -0.39 is 4.92 Å². The second kappa shape index (κ2) is 8.17. The fourth-order valence-electron chi connectivity index (χ4n) is 1.17. The van der Waals surface area contributed by atoms with Gasteiger partial charge in [-0.05, 0) is 18.2 Å². The van der Waals surface area contributed by atoms with Gasteiger partial charge in [-0.15, -0.1) is 0 Å². The topological polar surface area (TPSA) is 46.4 Å². The molecule has 20 heavy (non-hydrogen) atoms. The van der Waals surface area contributed by atoms with Gasteiger partial charge in [0.1, 0.15) is 5.02 Å². The number of nitro benzene ring substituents is 1. The molecule has 0 amide bonds. The molecule has 0 radical (unpaired) electrons. The highest BCUT2D eigenvalue weighted by Crippen LogP contribution is 2.30. The molecule has 0 fully saturated rings. The largest absolute Gasteiger partial charge is 0.289 e. The van der Waals surface area contributed by atoms with Crippen molar-refractivity contribution >= 4 is 58.1 Å². The lowest BCUT2D eigenvalue weighted by atomic mass is 10.3. The van der Waals surface area contributed by atoms with Crippen LogP contribution >= 0.6 is 46.8 Å². The molecule has 0 heterocycles. The fourth-order valence-corrected chi connectivity index (χ4v) is 1.76. The van der Waals surface area contributed by atoms with Gasteiger partial charge in [0.25, 0.3) is 5.69 Å². The minimum atomic E-state index is -0.575. The average Bonchev–Trinajstić information content (AvgIpc) is 2.43. The van der Waals surface area contributed by atoms with Gasteiger partial charge in [0, 0.05) is 29.6 Å². The third-order valence-electron chi connectivity index (χ3n) is 2.08. The van der Waals surface area contributed by atoms with E-state index in [0.29, 0.717) is 0 Å². The van der Waals surface area contributed by atoms with Gasteiger partial charge < -0.3 is 0 Å². The van der Waals surface area contributed by atoms with Crippen molar-refractivity contribution in [3.8, 4) is 0 Å². The summed E-state index contributed by atoms with van der Waals surface area (Å²) in [6.45, 7) is 0. The van der Waals surface area contributed by atoms with Gasteiger partial charge in [-0.25, -0.2) is 0 Å². The predicted octanol–water partition coefficient (Wildman–Crippen LogP) is 5.70. The van der Waals surface area contributed by atoms with Crippen molar-refractivity contribution < 1.29 is 4.92 Å². The Kier molecular flexibility index (Phi) is 6.88. The Hall–Kier alpha value is -1.20. The molecular formula is C12H8Cl4N2O2. The summed E-state index contributed by atoms with van der Waals surface area (Å²) in [5, 5.41) is 10.4. The molecule has 0 aliphatic heterocycles. The van der Waals surface area contributed by atoms with Crippen molar-refractivity contribution in [2.24, 2.45) is 0 Å². The number of halogens is 4. The van der Waals surface area contributed by atoms with Gasteiger partial charge in [0.15, 0.2) is 0 Å². The molecular weight excluding hydrogens is 346 g/mol. The van der Waals surface area contributed by atoms with E-state index in [1.165, 1.54) is 18.2 Å². The molecule has 0 saturated heterocycles. The quantitative estimate of drug-likeness (QED) is 0.395. The third-order valence-corrected chi connectivity index (χ3v) is 3.28. The van der Waals surface area contributed by atoms with Crippen LogP contribution in [0.15, 0.2) is 48.5 Å². The minimum absolute atomic E-state index is 0.0147. The van der Waals surface area contributed by atoms with E-state index in [-0.39, 0.29) is 15.7 Å². The first-order chi connectivity index (χ1) is 9.43. The first-order valence-corrected chi connectivity index (χ1v) is 6.62. The predicted molar refractivity (Wildman–Crippen MR) is 83.7 cm³/mol. The van der Waals surface area contributed by atoms with Crippen molar-refractivity contribution in [2.45, 2.75) is 0 Å². The van der Waals surface area contributed by atoms with Crippen LogP contribution in [0.25, 0.3) is 0 Å². The first-order valence-electron chi connectivity index (χ1n) is 5.18. The Labute approximate surface area is 135 Å². The van der Waals surface area contributed by atoms with E-state index in [1.54, 1.807) is 0 Å². The molecule has 0 spiro atoms. The van der Waals surface area contributed by atoms with Crippen molar-refractivity contribution in [1.82, 2.24) is 0 Å². The molecule has 0 atom stereocenters. The third kappa shape index (κ3) is 5.06. The summed E-state index contributed by atoms with van der Waals surface area (Å²) in [6, 6.07) is 13.6. The summed E-state index contributed by atoms with van der Waals surface area (Å²) >= 11 is 21.8. The van der Waals surface area contributed by atoms with Crippen LogP contribution in [0.2, 0.25) is 10.0 Å². The zero-order valence-electron chi connectivity index (χ0n) is 9.84. The first kappa shape index (κ1) is 16.9. The lowest BCUT2D eigenvalue weighted by Crippen LogP contribution is -1.89. The SMILES string of the molecule is ClN(Cl)c1ccccc1.O=[N+]([O-])c1cccc(Cl)c1Cl. The Balaban J connectivity index is 0.000000204. The smallest absolute Gasteiger partial charge is 0.258 e. The summed E-state index contributed by atoms with van der Waals surface area (Å²) in [7, 11) is 0. The number of para-hydroxylation sites is 1. The summed E-state index contributed by atoms with van der Waals surface area (Å²) in [4.78, 5) is 9.66. The number of benzene rings is 2. The molecule has 0 aliphatic carbocycles. The maximum absolute atomic E-state index is 10.2. The highest BCUT2D eigenvalue weighted by atomic mass is 35.5. The lowest BCUT2D eigenvalue weighted by molar-refractivity contribution is -0.384. The van der Waals surface area contributed by atoms with Crippen molar-refractivity contribution in [3.63, 3.8) is 0 Å². The second-order valence-corrected chi connectivity index (χ2v) is 5.03. The van der Waals surface area contributed by atoms with Gasteiger partial charge in [-0.1, -0.05) is 47.5 Å². The van der Waals surface area contributed by atoms with Gasteiger partial charge in [-0.2, -0.15) is 3.94 Å². The Morgan fingerprint density at radius 1 is 0.950 bits per heavy atom. The number of nitrogens with zero attached hydrogens (tertiary/aromatic N) is 2. The van der Waals surface area contributed by atoms with Crippen LogP contribution < -0.4 is 3.94 Å². The van der Waals surface area contributed by atoms with Crippen LogP contribution in [0, 0.1) is 10.1 Å². The standard InChI is InChI=1S/C6H3Cl2NO2.C6H5Cl2N/c7-4-2-1-3-5(6(4)8)9(10)11;7-9(8)6-4-2-1-3-5-6/h1-3H;1-5H. The van der Waals surface area contributed by atoms with Gasteiger partial charge >= 0.3 is 0 Å². The summed E-state index contributed by atoms with van der Waals surface area (Å²) < 4.78 is 1.03. The maximum Gasteiger partial charge on any atom is 0.289 e. The van der Waals surface area contributed by atoms with Crippen LogP contribution in [0.5, 0.6) is 0 Å². The van der Waals surface area contributed by atoms with Crippen LogP contribution in [0.4, 0.5) is 11.4 Å². The van der Waals surface area contributed by atoms with Crippen molar-refractivity contribution in [3.05, 3.63) is 68.7 Å². The Morgan fingerprint density at radius 3 is 1.95 bits per heavy atom. The van der Waals surface area contributed by atoms with E-state index >= 15 is 0 Å². The highest BCUT2D eigenvalue weighted by Gasteiger charge is 2.13. The van der Waals surface area contributed by atoms with E-state index in [9.17, 15) is 10.1 Å². The summed E-state index contributed by atoms with van der Waals surface area (Å²) in [5.41, 5.74) is 0.611. The molecule has 4 nitrogen and oxygen atoms in total. The molecule has 0 N–H and O–H groups in total. The van der Waals surface area contributed by atoms with E-state index in [1.807, 2.05) is 30.3 Å². The number of rotatable bonds is 2. The van der Waals surface area contributed by atoms with Crippen LogP contribution in [-0.2, 0) is 0 Å². The van der Waals surface area contributed by atoms with Crippen LogP contribution in [0.1, 0.15) is 0 Å². The lowest BCUT2D eigenvalue weighted by Gasteiger charge is -2.02. The van der Waals surface area contributed by atoms with Gasteiger partial charge in [0.2, 0.25) is 0 Å². The van der Waals surface area contributed by atoms with E-state index in [2.05, 4.69) is 0 Å². The maximum atomic E-state index is 10.2. The average molecular weight is 354 g/mol. The number of hydrogen-bond donors (Lipinski definition) is 0. The Morgan fingerprint density at radius 2 is 1.55 bits per heavy atom. The molecule has 0 saturated carbocycles. The second-order valence-electron chi connectivity index (χ2n) is 3.40. The molecule has 106 valence electrons. The molecule has 0 aromatic heterocycles. The molecule has 2 aromatic rings. The molecule has 0 unspecified atom stereocenters. The number of nitro groups is 1. The van der Waals surface area contributed by atoms with Gasteiger partial charge in [-0.3, -0.25) is 10.1 Å². The molecule has 8 heteroatoms. The van der Waals surface area contributed by atoms with Crippen LogP contribution in [0.3, 0.4) is 0 Å². The molecule has 2 rings (SSSR count). The normalized spacial score (nSPS) is 9.40. The van der Waals surface area contributed by atoms with Crippen molar-refractivity contribution in [2.75, 3.05) is 3.94 Å².